The Bertz CT molecular complexity index is 441. The summed E-state index contributed by atoms with van der Waals surface area (Å²) in [5, 5.41) is 9.36. The molecular weight excluding hydrogens is 214 g/mol. The van der Waals surface area contributed by atoms with Crippen LogP contribution in [-0.2, 0) is 4.79 Å². The van der Waals surface area contributed by atoms with Crippen molar-refractivity contribution in [2.75, 3.05) is 13.2 Å². The van der Waals surface area contributed by atoms with Crippen LogP contribution in [0.3, 0.4) is 0 Å². The number of piperidine rings is 1. The van der Waals surface area contributed by atoms with Crippen molar-refractivity contribution in [3.63, 3.8) is 0 Å². The van der Waals surface area contributed by atoms with E-state index < -0.39 is 5.41 Å². The van der Waals surface area contributed by atoms with Crippen LogP contribution in [-0.4, -0.2) is 29.1 Å². The summed E-state index contributed by atoms with van der Waals surface area (Å²) in [7, 11) is 0. The zero-order valence-corrected chi connectivity index (χ0v) is 9.97. The Labute approximate surface area is 101 Å². The fourth-order valence-corrected chi connectivity index (χ4v) is 3.00. The second kappa shape index (κ2) is 3.57. The highest BCUT2D eigenvalue weighted by Crippen LogP contribution is 2.59. The molecule has 3 nitrogen and oxygen atoms in total. The molecule has 3 heteroatoms. The van der Waals surface area contributed by atoms with Gasteiger partial charge in [0.15, 0.2) is 0 Å². The number of hydrogen-bond acceptors (Lipinski definition) is 2. The van der Waals surface area contributed by atoms with E-state index in [1.165, 1.54) is 0 Å². The molecule has 0 spiro atoms. The second-order valence-electron chi connectivity index (χ2n) is 5.26. The van der Waals surface area contributed by atoms with Crippen molar-refractivity contribution in [2.45, 2.75) is 19.4 Å². The van der Waals surface area contributed by atoms with Gasteiger partial charge in [0, 0.05) is 6.54 Å². The van der Waals surface area contributed by atoms with Crippen LogP contribution in [0.5, 0.6) is 0 Å². The molecule has 2 fully saturated rings. The SMILES string of the molecule is C[C@H](c1ccccc1)N1C[C@H]2C[C@@]2(CO)C1=O. The van der Waals surface area contributed by atoms with Gasteiger partial charge in [-0.1, -0.05) is 30.3 Å². The molecule has 1 saturated heterocycles. The minimum Gasteiger partial charge on any atom is -0.395 e. The van der Waals surface area contributed by atoms with Gasteiger partial charge in [-0.05, 0) is 24.8 Å². The second-order valence-corrected chi connectivity index (χ2v) is 5.26. The molecule has 90 valence electrons. The molecule has 1 amide bonds. The first-order chi connectivity index (χ1) is 8.19. The average Bonchev–Trinajstić information content (AvgIpc) is 3.03. The third kappa shape index (κ3) is 1.42. The Morgan fingerprint density at radius 3 is 2.76 bits per heavy atom. The smallest absolute Gasteiger partial charge is 0.231 e. The van der Waals surface area contributed by atoms with E-state index in [9.17, 15) is 9.90 Å². The summed E-state index contributed by atoms with van der Waals surface area (Å²) >= 11 is 0. The molecular formula is C14H17NO2. The molecule has 1 saturated carbocycles. The number of aliphatic hydroxyl groups is 1. The maximum absolute atomic E-state index is 12.3. The molecule has 1 N–H and O–H groups in total. The maximum atomic E-state index is 12.3. The predicted octanol–water partition coefficient (Wildman–Crippen LogP) is 1.59. The van der Waals surface area contributed by atoms with Gasteiger partial charge in [-0.3, -0.25) is 4.79 Å². The average molecular weight is 231 g/mol. The summed E-state index contributed by atoms with van der Waals surface area (Å²) in [6.07, 6.45) is 0.875. The summed E-state index contributed by atoms with van der Waals surface area (Å²) in [6, 6.07) is 10.2. The van der Waals surface area contributed by atoms with Crippen molar-refractivity contribution in [3.8, 4) is 0 Å². The first kappa shape index (κ1) is 10.8. The van der Waals surface area contributed by atoms with Crippen molar-refractivity contribution in [2.24, 2.45) is 11.3 Å². The van der Waals surface area contributed by atoms with Crippen LogP contribution < -0.4 is 0 Å². The molecule has 3 atom stereocenters. The first-order valence-corrected chi connectivity index (χ1v) is 6.16. The molecule has 0 bridgehead atoms. The monoisotopic (exact) mass is 231 g/mol. The number of carbonyl (C=O) groups is 1. The highest BCUT2D eigenvalue weighted by atomic mass is 16.3. The lowest BCUT2D eigenvalue weighted by atomic mass is 10.0. The van der Waals surface area contributed by atoms with Gasteiger partial charge >= 0.3 is 0 Å². The predicted molar refractivity (Wildman–Crippen MR) is 64.2 cm³/mol. The van der Waals surface area contributed by atoms with Gasteiger partial charge < -0.3 is 10.0 Å². The summed E-state index contributed by atoms with van der Waals surface area (Å²) in [6.45, 7) is 2.87. The lowest BCUT2D eigenvalue weighted by Crippen LogP contribution is -2.35. The van der Waals surface area contributed by atoms with Crippen LogP contribution in [0.4, 0.5) is 0 Å². The lowest BCUT2D eigenvalue weighted by Gasteiger charge is -2.27. The fraction of sp³-hybridized carbons (Fsp3) is 0.500. The van der Waals surface area contributed by atoms with Gasteiger partial charge in [-0.25, -0.2) is 0 Å². The molecule has 2 aliphatic rings. The number of aliphatic hydroxyl groups excluding tert-OH is 1. The number of nitrogens with zero attached hydrogens (tertiary/aromatic N) is 1. The van der Waals surface area contributed by atoms with E-state index in [2.05, 4.69) is 6.92 Å². The molecule has 1 heterocycles. The molecule has 0 radical (unpaired) electrons. The van der Waals surface area contributed by atoms with E-state index in [0.717, 1.165) is 18.5 Å². The van der Waals surface area contributed by atoms with Crippen molar-refractivity contribution in [1.82, 2.24) is 4.90 Å². The number of fused-ring (bicyclic) bond motifs is 1. The molecule has 3 rings (SSSR count). The van der Waals surface area contributed by atoms with Gasteiger partial charge in [-0.2, -0.15) is 0 Å². The van der Waals surface area contributed by atoms with Crippen LogP contribution in [0.15, 0.2) is 30.3 Å². The van der Waals surface area contributed by atoms with E-state index in [-0.39, 0.29) is 18.6 Å². The minimum absolute atomic E-state index is 0.00844. The highest BCUT2D eigenvalue weighted by molar-refractivity contribution is 5.89. The third-order valence-corrected chi connectivity index (χ3v) is 4.37. The summed E-state index contributed by atoms with van der Waals surface area (Å²) in [5.41, 5.74) is 0.749. The number of likely N-dealkylation sites (tertiary alicyclic amines) is 1. The van der Waals surface area contributed by atoms with Crippen LogP contribution >= 0.6 is 0 Å². The third-order valence-electron chi connectivity index (χ3n) is 4.37. The number of benzene rings is 1. The van der Waals surface area contributed by atoms with E-state index in [4.69, 9.17) is 0 Å². The molecule has 1 aromatic rings. The van der Waals surface area contributed by atoms with E-state index in [1.807, 2.05) is 35.2 Å². The molecule has 1 aliphatic heterocycles. The standard InChI is InChI=1S/C14H17NO2/c1-10(11-5-3-2-4-6-11)15-8-12-7-14(12,9-16)13(15)17/h2-6,10,12,16H,7-9H2,1H3/t10-,12-,14+/m1/s1. The van der Waals surface area contributed by atoms with E-state index >= 15 is 0 Å². The first-order valence-electron chi connectivity index (χ1n) is 6.16. The van der Waals surface area contributed by atoms with Crippen molar-refractivity contribution >= 4 is 5.91 Å². The van der Waals surface area contributed by atoms with Crippen LogP contribution in [0.1, 0.15) is 24.9 Å². The number of rotatable bonds is 3. The summed E-state index contributed by atoms with van der Waals surface area (Å²) < 4.78 is 0. The number of carbonyl (C=O) groups excluding carboxylic acids is 1. The zero-order valence-electron chi connectivity index (χ0n) is 9.97. The summed E-state index contributed by atoms with van der Waals surface area (Å²) in [5.74, 6) is 0.521. The molecule has 0 unspecified atom stereocenters. The van der Waals surface area contributed by atoms with Crippen LogP contribution in [0, 0.1) is 11.3 Å². The van der Waals surface area contributed by atoms with Crippen molar-refractivity contribution < 1.29 is 9.90 Å². The van der Waals surface area contributed by atoms with Gasteiger partial charge in [0.05, 0.1) is 18.1 Å². The molecule has 1 aliphatic carbocycles. The largest absolute Gasteiger partial charge is 0.395 e. The topological polar surface area (TPSA) is 40.5 Å². The van der Waals surface area contributed by atoms with Crippen molar-refractivity contribution in [3.05, 3.63) is 35.9 Å². The Morgan fingerprint density at radius 1 is 1.47 bits per heavy atom. The zero-order chi connectivity index (χ0) is 12.0. The Morgan fingerprint density at radius 2 is 2.18 bits per heavy atom. The number of hydrogen-bond donors (Lipinski definition) is 1. The fourth-order valence-electron chi connectivity index (χ4n) is 3.00. The Balaban J connectivity index is 1.82. The van der Waals surface area contributed by atoms with Crippen LogP contribution in [0.25, 0.3) is 0 Å². The van der Waals surface area contributed by atoms with Gasteiger partial charge in [0.2, 0.25) is 5.91 Å². The minimum atomic E-state index is -0.414. The van der Waals surface area contributed by atoms with E-state index in [1.54, 1.807) is 0 Å². The Kier molecular flexibility index (Phi) is 2.26. The quantitative estimate of drug-likeness (QED) is 0.858. The molecule has 17 heavy (non-hydrogen) atoms. The normalized spacial score (nSPS) is 32.5. The van der Waals surface area contributed by atoms with Crippen LogP contribution in [0.2, 0.25) is 0 Å². The van der Waals surface area contributed by atoms with Gasteiger partial charge in [0.1, 0.15) is 0 Å². The molecule has 0 aromatic heterocycles. The number of amides is 1. The maximum Gasteiger partial charge on any atom is 0.231 e. The molecule has 1 aromatic carbocycles. The lowest BCUT2D eigenvalue weighted by molar-refractivity contribution is -0.136. The van der Waals surface area contributed by atoms with Gasteiger partial charge in [0.25, 0.3) is 0 Å². The van der Waals surface area contributed by atoms with Gasteiger partial charge in [-0.15, -0.1) is 0 Å². The summed E-state index contributed by atoms with van der Waals surface area (Å²) in [4.78, 5) is 14.2. The van der Waals surface area contributed by atoms with Crippen molar-refractivity contribution in [1.29, 1.82) is 0 Å². The van der Waals surface area contributed by atoms with E-state index in [0.29, 0.717) is 5.92 Å². The Hall–Kier alpha value is -1.35. The highest BCUT2D eigenvalue weighted by Gasteiger charge is 2.66.